The summed E-state index contributed by atoms with van der Waals surface area (Å²) in [5.41, 5.74) is 3.32. The van der Waals surface area contributed by atoms with Gasteiger partial charge in [-0.3, -0.25) is 0 Å². The fraction of sp³-hybridized carbons (Fsp3) is 0.263. The number of methoxy groups -OCH3 is 1. The van der Waals surface area contributed by atoms with Gasteiger partial charge in [0.1, 0.15) is 11.9 Å². The summed E-state index contributed by atoms with van der Waals surface area (Å²) in [6.45, 7) is 4.15. The van der Waals surface area contributed by atoms with E-state index in [1.54, 1.807) is 19.2 Å². The zero-order chi connectivity index (χ0) is 15.7. The number of benzene rings is 2. The molecule has 114 valence electrons. The molecule has 2 aromatic rings. The highest BCUT2D eigenvalue weighted by atomic mass is 16.5. The first-order valence-electron chi connectivity index (χ1n) is 7.44. The molecular formula is C19H20O3. The van der Waals surface area contributed by atoms with Gasteiger partial charge in [0.15, 0.2) is 11.5 Å². The average Bonchev–Trinajstić information content (AvgIpc) is 2.85. The number of hydrogen-bond donors (Lipinski definition) is 1. The second-order valence-electron chi connectivity index (χ2n) is 5.56. The second-order valence-corrected chi connectivity index (χ2v) is 5.56. The van der Waals surface area contributed by atoms with Crippen LogP contribution in [0.15, 0.2) is 42.5 Å². The summed E-state index contributed by atoms with van der Waals surface area (Å²) in [4.78, 5) is 0. The quantitative estimate of drug-likeness (QED) is 0.894. The molecule has 0 amide bonds. The predicted molar refractivity (Wildman–Crippen MR) is 87.6 cm³/mol. The van der Waals surface area contributed by atoms with Crippen molar-refractivity contribution in [2.45, 2.75) is 25.9 Å². The molecule has 22 heavy (non-hydrogen) atoms. The molecule has 1 aliphatic rings. The summed E-state index contributed by atoms with van der Waals surface area (Å²) < 4.78 is 11.7. The number of rotatable bonds is 3. The van der Waals surface area contributed by atoms with E-state index in [-0.39, 0.29) is 17.8 Å². The van der Waals surface area contributed by atoms with Gasteiger partial charge >= 0.3 is 0 Å². The van der Waals surface area contributed by atoms with Crippen LogP contribution in [-0.2, 0) is 0 Å². The van der Waals surface area contributed by atoms with E-state index in [4.69, 9.17) is 9.47 Å². The third-order valence-electron chi connectivity index (χ3n) is 4.10. The van der Waals surface area contributed by atoms with Crippen LogP contribution >= 0.6 is 0 Å². The molecule has 0 spiro atoms. The molecule has 0 bridgehead atoms. The first-order valence-corrected chi connectivity index (χ1v) is 7.44. The summed E-state index contributed by atoms with van der Waals surface area (Å²) >= 11 is 0. The number of ether oxygens (including phenoxy) is 2. The Kier molecular flexibility index (Phi) is 3.80. The number of phenolic OH excluding ortho intramolecular Hbond substituents is 1. The van der Waals surface area contributed by atoms with Crippen LogP contribution in [0.3, 0.4) is 0 Å². The zero-order valence-electron chi connectivity index (χ0n) is 13.0. The van der Waals surface area contributed by atoms with Crippen molar-refractivity contribution < 1.29 is 14.6 Å². The fourth-order valence-corrected chi connectivity index (χ4v) is 2.96. The molecule has 3 rings (SSSR count). The Hall–Kier alpha value is -2.42. The first-order chi connectivity index (χ1) is 10.6. The third kappa shape index (κ3) is 2.43. The Labute approximate surface area is 130 Å². The first kappa shape index (κ1) is 14.5. The molecule has 1 N–H and O–H groups in total. The minimum atomic E-state index is -0.0645. The molecule has 0 fully saturated rings. The van der Waals surface area contributed by atoms with Gasteiger partial charge in [-0.2, -0.15) is 0 Å². The van der Waals surface area contributed by atoms with E-state index in [1.165, 1.54) is 0 Å². The molecule has 0 aliphatic carbocycles. The maximum Gasteiger partial charge on any atom is 0.165 e. The van der Waals surface area contributed by atoms with Crippen molar-refractivity contribution >= 4 is 6.08 Å². The summed E-state index contributed by atoms with van der Waals surface area (Å²) in [6.07, 6.45) is 4.01. The second kappa shape index (κ2) is 5.76. The van der Waals surface area contributed by atoms with Crippen LogP contribution in [0.4, 0.5) is 0 Å². The largest absolute Gasteiger partial charge is 0.508 e. The normalized spacial score (nSPS) is 20.0. The maximum atomic E-state index is 9.45. The molecule has 0 saturated heterocycles. The lowest BCUT2D eigenvalue weighted by molar-refractivity contribution is 0.208. The van der Waals surface area contributed by atoms with Gasteiger partial charge in [-0.15, -0.1) is 0 Å². The molecule has 0 saturated carbocycles. The highest BCUT2D eigenvalue weighted by Crippen LogP contribution is 2.50. The molecule has 0 radical (unpaired) electrons. The van der Waals surface area contributed by atoms with Crippen molar-refractivity contribution in [3.63, 3.8) is 0 Å². The highest BCUT2D eigenvalue weighted by Gasteiger charge is 2.34. The number of hydrogen-bond acceptors (Lipinski definition) is 3. The predicted octanol–water partition coefficient (Wildman–Crippen LogP) is 4.67. The minimum Gasteiger partial charge on any atom is -0.508 e. The van der Waals surface area contributed by atoms with Crippen LogP contribution < -0.4 is 9.47 Å². The van der Waals surface area contributed by atoms with Crippen LogP contribution in [0.2, 0.25) is 0 Å². The Morgan fingerprint density at radius 1 is 1.18 bits per heavy atom. The molecular weight excluding hydrogens is 276 g/mol. The van der Waals surface area contributed by atoms with Crippen LogP contribution in [0.25, 0.3) is 6.08 Å². The average molecular weight is 296 g/mol. The standard InChI is InChI=1S/C19H20O3/c1-4-5-13-10-16-12(2)18(14-6-8-15(20)9-7-14)22-19(16)17(11-13)21-3/h4-12,18,20H,1-3H3/b5-4+/t12-,18-/m1/s1. The van der Waals surface area contributed by atoms with Gasteiger partial charge in [0.05, 0.1) is 7.11 Å². The van der Waals surface area contributed by atoms with Crippen molar-refractivity contribution in [3.8, 4) is 17.2 Å². The lowest BCUT2D eigenvalue weighted by Gasteiger charge is -2.16. The van der Waals surface area contributed by atoms with E-state index in [1.807, 2.05) is 31.2 Å². The Bertz CT molecular complexity index is 701. The molecule has 2 atom stereocenters. The van der Waals surface area contributed by atoms with Gasteiger partial charge in [-0.1, -0.05) is 31.2 Å². The van der Waals surface area contributed by atoms with E-state index >= 15 is 0 Å². The van der Waals surface area contributed by atoms with E-state index in [9.17, 15) is 5.11 Å². The van der Waals surface area contributed by atoms with Crippen LogP contribution in [0, 0.1) is 0 Å². The van der Waals surface area contributed by atoms with E-state index in [0.717, 1.165) is 28.2 Å². The molecule has 0 aromatic heterocycles. The molecule has 2 aromatic carbocycles. The van der Waals surface area contributed by atoms with Crippen molar-refractivity contribution in [3.05, 3.63) is 59.2 Å². The number of fused-ring (bicyclic) bond motifs is 1. The monoisotopic (exact) mass is 296 g/mol. The molecule has 3 heteroatoms. The minimum absolute atomic E-state index is 0.0645. The number of phenols is 1. The Morgan fingerprint density at radius 3 is 2.55 bits per heavy atom. The van der Waals surface area contributed by atoms with Crippen LogP contribution in [-0.4, -0.2) is 12.2 Å². The summed E-state index contributed by atoms with van der Waals surface area (Å²) in [5.74, 6) is 2.07. The van der Waals surface area contributed by atoms with E-state index < -0.39 is 0 Å². The third-order valence-corrected chi connectivity index (χ3v) is 4.10. The summed E-state index contributed by atoms with van der Waals surface area (Å²) in [7, 11) is 1.66. The smallest absolute Gasteiger partial charge is 0.165 e. The summed E-state index contributed by atoms with van der Waals surface area (Å²) in [6, 6.07) is 11.3. The van der Waals surface area contributed by atoms with Crippen molar-refractivity contribution in [2.24, 2.45) is 0 Å². The van der Waals surface area contributed by atoms with Crippen LogP contribution in [0.5, 0.6) is 17.2 Å². The lowest BCUT2D eigenvalue weighted by Crippen LogP contribution is -2.06. The topological polar surface area (TPSA) is 38.7 Å². The molecule has 1 aliphatic heterocycles. The number of aromatic hydroxyl groups is 1. The van der Waals surface area contributed by atoms with E-state index in [0.29, 0.717) is 0 Å². The Balaban J connectivity index is 2.02. The van der Waals surface area contributed by atoms with Crippen LogP contribution in [0.1, 0.15) is 42.6 Å². The van der Waals surface area contributed by atoms with E-state index in [2.05, 4.69) is 19.1 Å². The van der Waals surface area contributed by atoms with Gasteiger partial charge in [0.2, 0.25) is 0 Å². The fourth-order valence-electron chi connectivity index (χ4n) is 2.96. The van der Waals surface area contributed by atoms with Gasteiger partial charge in [-0.25, -0.2) is 0 Å². The zero-order valence-corrected chi connectivity index (χ0v) is 13.0. The molecule has 0 unspecified atom stereocenters. The summed E-state index contributed by atoms with van der Waals surface area (Å²) in [5, 5.41) is 9.45. The van der Waals surface area contributed by atoms with Crippen molar-refractivity contribution in [1.29, 1.82) is 0 Å². The molecule has 3 nitrogen and oxygen atoms in total. The highest BCUT2D eigenvalue weighted by molar-refractivity contribution is 5.62. The van der Waals surface area contributed by atoms with Crippen molar-refractivity contribution in [1.82, 2.24) is 0 Å². The van der Waals surface area contributed by atoms with Gasteiger partial charge < -0.3 is 14.6 Å². The maximum absolute atomic E-state index is 9.45. The van der Waals surface area contributed by atoms with Crippen molar-refractivity contribution in [2.75, 3.05) is 7.11 Å². The Morgan fingerprint density at radius 2 is 1.91 bits per heavy atom. The number of allylic oxidation sites excluding steroid dienone is 1. The lowest BCUT2D eigenvalue weighted by atomic mass is 9.91. The molecule has 1 heterocycles. The SMILES string of the molecule is C/C=C/c1cc(OC)c2c(c1)[C@@H](C)[C@H](c1ccc(O)cc1)O2. The van der Waals surface area contributed by atoms with Gasteiger partial charge in [0, 0.05) is 11.5 Å². The van der Waals surface area contributed by atoms with Gasteiger partial charge in [0.25, 0.3) is 0 Å². The van der Waals surface area contributed by atoms with Gasteiger partial charge in [-0.05, 0) is 42.3 Å².